The van der Waals surface area contributed by atoms with Gasteiger partial charge in [0, 0.05) is 16.9 Å². The molecule has 3 N–H and O–H groups in total. The van der Waals surface area contributed by atoms with Crippen LogP contribution in [0.15, 0.2) is 103 Å². The highest BCUT2D eigenvalue weighted by Crippen LogP contribution is 2.24. The van der Waals surface area contributed by atoms with Gasteiger partial charge >= 0.3 is 0 Å². The van der Waals surface area contributed by atoms with Gasteiger partial charge in [0.2, 0.25) is 0 Å². The van der Waals surface area contributed by atoms with Crippen molar-refractivity contribution in [1.29, 1.82) is 0 Å². The smallest absolute Gasteiger partial charge is 0.265 e. The molecule has 0 aromatic heterocycles. The summed E-state index contributed by atoms with van der Waals surface area (Å²) >= 11 is 11.4. The summed E-state index contributed by atoms with van der Waals surface area (Å²) in [6.07, 6.45) is -0.748. The average Bonchev–Trinajstić information content (AvgIpc) is 2.91. The van der Waals surface area contributed by atoms with Gasteiger partial charge in [0.25, 0.3) is 11.8 Å². The topological polar surface area (TPSA) is 79.5 Å². The molecule has 2 amide bonds. The van der Waals surface area contributed by atoms with E-state index in [1.165, 1.54) is 0 Å². The van der Waals surface area contributed by atoms with Gasteiger partial charge in [-0.15, -0.1) is 0 Å². The van der Waals surface area contributed by atoms with E-state index in [4.69, 9.17) is 28.6 Å². The number of thiocarbonyl (C=S) groups is 1. The first-order chi connectivity index (χ1) is 17.9. The van der Waals surface area contributed by atoms with Crippen LogP contribution >= 0.6 is 23.8 Å². The van der Waals surface area contributed by atoms with Crippen molar-refractivity contribution in [3.63, 3.8) is 0 Å². The number of rotatable bonds is 7. The number of nitrogens with one attached hydrogen (secondary N) is 3. The largest absolute Gasteiger partial charge is 0.479 e. The first-order valence-electron chi connectivity index (χ1n) is 11.5. The monoisotopic (exact) mass is 529 g/mol. The Hall–Kier alpha value is -4.20. The zero-order chi connectivity index (χ0) is 26.2. The molecule has 6 nitrogen and oxygen atoms in total. The normalized spacial score (nSPS) is 11.2. The van der Waals surface area contributed by atoms with Crippen molar-refractivity contribution in [2.24, 2.45) is 0 Å². The molecule has 0 aliphatic carbocycles. The van der Waals surface area contributed by atoms with Crippen LogP contribution in [0.3, 0.4) is 0 Å². The summed E-state index contributed by atoms with van der Waals surface area (Å²) in [5, 5.41) is 9.04. The van der Waals surface area contributed by atoms with Crippen LogP contribution in [0.2, 0.25) is 5.02 Å². The van der Waals surface area contributed by atoms with Crippen LogP contribution in [0.5, 0.6) is 5.75 Å². The van der Waals surface area contributed by atoms with Crippen molar-refractivity contribution in [3.05, 3.63) is 114 Å². The Kier molecular flexibility index (Phi) is 8.51. The van der Waals surface area contributed by atoms with E-state index in [2.05, 4.69) is 16.0 Å². The first kappa shape index (κ1) is 25.9. The van der Waals surface area contributed by atoms with Gasteiger partial charge < -0.3 is 15.4 Å². The summed E-state index contributed by atoms with van der Waals surface area (Å²) in [5.74, 6) is -0.190. The van der Waals surface area contributed by atoms with Crippen molar-refractivity contribution < 1.29 is 14.3 Å². The Bertz CT molecular complexity index is 1390. The third kappa shape index (κ3) is 7.16. The average molecular weight is 530 g/mol. The summed E-state index contributed by atoms with van der Waals surface area (Å²) in [6, 6.07) is 31.1. The second-order valence-electron chi connectivity index (χ2n) is 8.11. The lowest BCUT2D eigenvalue weighted by Gasteiger charge is -2.16. The van der Waals surface area contributed by atoms with Gasteiger partial charge in [-0.25, -0.2) is 0 Å². The highest BCUT2D eigenvalue weighted by Gasteiger charge is 2.16. The zero-order valence-corrected chi connectivity index (χ0v) is 21.5. The minimum Gasteiger partial charge on any atom is -0.479 e. The van der Waals surface area contributed by atoms with Crippen LogP contribution in [-0.2, 0) is 4.79 Å². The molecule has 186 valence electrons. The quantitative estimate of drug-likeness (QED) is 0.237. The third-order valence-electron chi connectivity index (χ3n) is 5.40. The Morgan fingerprint density at radius 3 is 1.97 bits per heavy atom. The van der Waals surface area contributed by atoms with E-state index in [0.29, 0.717) is 27.7 Å². The van der Waals surface area contributed by atoms with E-state index < -0.39 is 6.10 Å². The number of anilines is 2. The number of carbonyl (C=O) groups is 2. The van der Waals surface area contributed by atoms with Crippen molar-refractivity contribution in [2.75, 3.05) is 10.6 Å². The molecule has 0 heterocycles. The molecule has 4 aromatic rings. The maximum Gasteiger partial charge on any atom is 0.265 e. The second kappa shape index (κ2) is 12.2. The highest BCUT2D eigenvalue weighted by molar-refractivity contribution is 7.80. The number of ether oxygens (including phenoxy) is 1. The number of hydrogen-bond acceptors (Lipinski definition) is 4. The van der Waals surface area contributed by atoms with E-state index >= 15 is 0 Å². The van der Waals surface area contributed by atoms with Crippen LogP contribution in [0.1, 0.15) is 17.3 Å². The number of halogens is 1. The molecule has 0 radical (unpaired) electrons. The number of para-hydroxylation sites is 1. The molecule has 37 heavy (non-hydrogen) atoms. The van der Waals surface area contributed by atoms with Gasteiger partial charge in [-0.05, 0) is 78.8 Å². The number of amides is 2. The molecule has 0 aliphatic heterocycles. The molecular formula is C29H24ClN3O3S. The lowest BCUT2D eigenvalue weighted by atomic mass is 10.0. The van der Waals surface area contributed by atoms with E-state index in [-0.39, 0.29) is 16.9 Å². The SMILES string of the molecule is CC(Oc1ccccc1Cl)C(=O)Nc1ccc(NC(=S)NC(=O)c2ccc(-c3ccccc3)cc2)cc1. The molecule has 8 heteroatoms. The van der Waals surface area contributed by atoms with E-state index in [1.807, 2.05) is 42.5 Å². The Morgan fingerprint density at radius 2 is 1.32 bits per heavy atom. The minimum atomic E-state index is -0.748. The second-order valence-corrected chi connectivity index (χ2v) is 8.92. The van der Waals surface area contributed by atoms with Gasteiger partial charge in [0.15, 0.2) is 11.2 Å². The molecule has 4 rings (SSSR count). The molecule has 1 atom stereocenters. The van der Waals surface area contributed by atoms with Gasteiger partial charge in [-0.1, -0.05) is 66.2 Å². The molecule has 0 fully saturated rings. The maximum absolute atomic E-state index is 12.6. The maximum atomic E-state index is 12.6. The molecule has 0 saturated heterocycles. The van der Waals surface area contributed by atoms with Gasteiger partial charge in [-0.2, -0.15) is 0 Å². The lowest BCUT2D eigenvalue weighted by molar-refractivity contribution is -0.122. The molecular weight excluding hydrogens is 506 g/mol. The molecule has 4 aromatic carbocycles. The van der Waals surface area contributed by atoms with E-state index in [9.17, 15) is 9.59 Å². The highest BCUT2D eigenvalue weighted by atomic mass is 35.5. The molecule has 0 spiro atoms. The van der Waals surface area contributed by atoms with E-state index in [0.717, 1.165) is 11.1 Å². The molecule has 1 unspecified atom stereocenters. The summed E-state index contributed by atoms with van der Waals surface area (Å²) in [6.45, 7) is 1.64. The standard InChI is InChI=1S/C29H24ClN3O3S/c1-19(36-26-10-6-5-9-25(26)30)27(34)31-23-15-17-24(18-16-23)32-29(37)33-28(35)22-13-11-21(12-14-22)20-7-3-2-4-8-20/h2-19H,1H3,(H,31,34)(H2,32,33,35,37). The van der Waals surface area contributed by atoms with E-state index in [1.54, 1.807) is 67.6 Å². The van der Waals surface area contributed by atoms with Crippen molar-refractivity contribution in [3.8, 4) is 16.9 Å². The number of benzene rings is 4. The molecule has 0 saturated carbocycles. The van der Waals surface area contributed by atoms with Crippen molar-refractivity contribution in [1.82, 2.24) is 5.32 Å². The summed E-state index contributed by atoms with van der Waals surface area (Å²) in [7, 11) is 0. The van der Waals surface area contributed by atoms with Crippen molar-refractivity contribution in [2.45, 2.75) is 13.0 Å². The number of carbonyl (C=O) groups excluding carboxylic acids is 2. The summed E-state index contributed by atoms with van der Waals surface area (Å²) in [4.78, 5) is 25.1. The van der Waals surface area contributed by atoms with Crippen LogP contribution < -0.4 is 20.7 Å². The van der Waals surface area contributed by atoms with Gasteiger partial charge in [-0.3, -0.25) is 14.9 Å². The molecule has 0 aliphatic rings. The fourth-order valence-electron chi connectivity index (χ4n) is 3.45. The van der Waals surface area contributed by atoms with Gasteiger partial charge in [0.05, 0.1) is 5.02 Å². The van der Waals surface area contributed by atoms with Crippen LogP contribution in [0, 0.1) is 0 Å². The zero-order valence-electron chi connectivity index (χ0n) is 19.9. The Labute approximate surface area is 225 Å². The fraction of sp³-hybridized carbons (Fsp3) is 0.0690. The van der Waals surface area contributed by atoms with Crippen molar-refractivity contribution >= 4 is 52.1 Å². The third-order valence-corrected chi connectivity index (χ3v) is 5.92. The van der Waals surface area contributed by atoms with Gasteiger partial charge in [0.1, 0.15) is 5.75 Å². The number of hydrogen-bond donors (Lipinski definition) is 3. The Morgan fingerprint density at radius 1 is 0.757 bits per heavy atom. The summed E-state index contributed by atoms with van der Waals surface area (Å²) in [5.41, 5.74) is 3.83. The predicted octanol–water partition coefficient (Wildman–Crippen LogP) is 6.54. The predicted molar refractivity (Wildman–Crippen MR) is 152 cm³/mol. The Balaban J connectivity index is 1.27. The minimum absolute atomic E-state index is 0.163. The van der Waals surface area contributed by atoms with Crippen LogP contribution in [0.25, 0.3) is 11.1 Å². The fourth-order valence-corrected chi connectivity index (χ4v) is 3.84. The molecule has 0 bridgehead atoms. The first-order valence-corrected chi connectivity index (χ1v) is 12.3. The lowest BCUT2D eigenvalue weighted by Crippen LogP contribution is -2.34. The summed E-state index contributed by atoms with van der Waals surface area (Å²) < 4.78 is 5.64. The van der Waals surface area contributed by atoms with Crippen LogP contribution in [0.4, 0.5) is 11.4 Å². The van der Waals surface area contributed by atoms with Crippen LogP contribution in [-0.4, -0.2) is 23.0 Å².